The van der Waals surface area contributed by atoms with Crippen molar-refractivity contribution < 1.29 is 24.2 Å². The van der Waals surface area contributed by atoms with E-state index in [1.807, 2.05) is 0 Å². The molecule has 0 radical (unpaired) electrons. The summed E-state index contributed by atoms with van der Waals surface area (Å²) in [6.45, 7) is 0. The number of nitrogens with zero attached hydrogens (tertiary/aromatic N) is 1. The standard InChI is InChI=1S/C23H16FNO4/c24-16-6-4-5-15(13-16)21(27)19-22(28)20(14-9-11-18(26)12-10-14)25(23(19)29)17-7-2-1-3-8-17/h1-13,20,26-27H/t20-/m0/s1. The highest BCUT2D eigenvalue weighted by Crippen LogP contribution is 2.39. The second-order valence-electron chi connectivity index (χ2n) is 6.60. The average Bonchev–Trinajstić information content (AvgIpc) is 2.99. The molecule has 0 unspecified atom stereocenters. The zero-order valence-corrected chi connectivity index (χ0v) is 15.1. The third kappa shape index (κ3) is 3.25. The monoisotopic (exact) mass is 389 g/mol. The molecule has 6 heteroatoms. The fourth-order valence-corrected chi connectivity index (χ4v) is 3.41. The molecule has 1 fully saturated rings. The zero-order valence-electron chi connectivity index (χ0n) is 15.1. The van der Waals surface area contributed by atoms with Gasteiger partial charge in [0.05, 0.1) is 0 Å². The second-order valence-corrected chi connectivity index (χ2v) is 6.60. The molecule has 1 amide bonds. The van der Waals surface area contributed by atoms with E-state index in [-0.39, 0.29) is 11.3 Å². The molecule has 1 heterocycles. The molecule has 1 saturated heterocycles. The number of amides is 1. The molecule has 5 nitrogen and oxygen atoms in total. The van der Waals surface area contributed by atoms with E-state index < -0.39 is 34.9 Å². The van der Waals surface area contributed by atoms with Gasteiger partial charge in [-0.2, -0.15) is 0 Å². The van der Waals surface area contributed by atoms with Crippen LogP contribution in [0.3, 0.4) is 0 Å². The lowest BCUT2D eigenvalue weighted by molar-refractivity contribution is -0.116. The van der Waals surface area contributed by atoms with Crippen LogP contribution in [0.4, 0.5) is 10.1 Å². The van der Waals surface area contributed by atoms with Crippen molar-refractivity contribution >= 4 is 23.1 Å². The summed E-state index contributed by atoms with van der Waals surface area (Å²) in [5, 5.41) is 20.2. The van der Waals surface area contributed by atoms with Gasteiger partial charge in [0.2, 0.25) is 0 Å². The summed E-state index contributed by atoms with van der Waals surface area (Å²) in [7, 11) is 0. The Hall–Kier alpha value is -3.93. The third-order valence-corrected chi connectivity index (χ3v) is 4.76. The molecule has 4 rings (SSSR count). The van der Waals surface area contributed by atoms with Gasteiger partial charge in [0, 0.05) is 11.3 Å². The van der Waals surface area contributed by atoms with Crippen LogP contribution in [-0.4, -0.2) is 21.9 Å². The van der Waals surface area contributed by atoms with E-state index in [0.29, 0.717) is 11.3 Å². The SMILES string of the molecule is O=C1C(=C(O)c2cccc(F)c2)C(=O)N(c2ccccc2)[C@H]1c1ccc(O)cc1. The topological polar surface area (TPSA) is 77.8 Å². The Balaban J connectivity index is 1.89. The van der Waals surface area contributed by atoms with Crippen LogP contribution in [-0.2, 0) is 9.59 Å². The van der Waals surface area contributed by atoms with E-state index in [0.717, 1.165) is 6.07 Å². The van der Waals surface area contributed by atoms with Crippen molar-refractivity contribution in [1.82, 2.24) is 0 Å². The van der Waals surface area contributed by atoms with Gasteiger partial charge in [-0.05, 0) is 42.0 Å². The number of carbonyl (C=O) groups excluding carboxylic acids is 2. The maximum absolute atomic E-state index is 13.6. The van der Waals surface area contributed by atoms with Crippen LogP contribution in [0, 0.1) is 5.82 Å². The molecule has 1 aliphatic rings. The Morgan fingerprint density at radius 2 is 1.59 bits per heavy atom. The van der Waals surface area contributed by atoms with E-state index in [4.69, 9.17) is 0 Å². The first-order valence-corrected chi connectivity index (χ1v) is 8.88. The number of para-hydroxylation sites is 1. The molecular weight excluding hydrogens is 373 g/mol. The summed E-state index contributed by atoms with van der Waals surface area (Å²) in [5.41, 5.74) is 0.594. The van der Waals surface area contributed by atoms with Gasteiger partial charge in [0.1, 0.15) is 28.9 Å². The second kappa shape index (κ2) is 7.24. The van der Waals surface area contributed by atoms with Gasteiger partial charge < -0.3 is 10.2 Å². The Bertz CT molecular complexity index is 1120. The molecule has 3 aromatic rings. The van der Waals surface area contributed by atoms with Crippen LogP contribution in [0.5, 0.6) is 5.75 Å². The number of aliphatic hydroxyl groups excluding tert-OH is 1. The van der Waals surface area contributed by atoms with Gasteiger partial charge in [-0.3, -0.25) is 14.5 Å². The van der Waals surface area contributed by atoms with Crippen LogP contribution >= 0.6 is 0 Å². The van der Waals surface area contributed by atoms with E-state index in [9.17, 15) is 24.2 Å². The van der Waals surface area contributed by atoms with Crippen LogP contribution < -0.4 is 4.90 Å². The zero-order chi connectivity index (χ0) is 20.5. The smallest absolute Gasteiger partial charge is 0.266 e. The van der Waals surface area contributed by atoms with Gasteiger partial charge in [-0.25, -0.2) is 4.39 Å². The largest absolute Gasteiger partial charge is 0.508 e. The predicted molar refractivity (Wildman–Crippen MR) is 106 cm³/mol. The van der Waals surface area contributed by atoms with Crippen molar-refractivity contribution in [3.8, 4) is 5.75 Å². The Kier molecular flexibility index (Phi) is 4.60. The summed E-state index contributed by atoms with van der Waals surface area (Å²) in [5.74, 6) is -2.42. The first-order valence-electron chi connectivity index (χ1n) is 8.88. The first kappa shape index (κ1) is 18.4. The minimum absolute atomic E-state index is 0.0233. The molecule has 0 aromatic heterocycles. The van der Waals surface area contributed by atoms with Crippen LogP contribution in [0.1, 0.15) is 17.2 Å². The number of rotatable bonds is 3. The van der Waals surface area contributed by atoms with Gasteiger partial charge in [0.25, 0.3) is 5.91 Å². The maximum atomic E-state index is 13.6. The van der Waals surface area contributed by atoms with E-state index >= 15 is 0 Å². The number of anilines is 1. The van der Waals surface area contributed by atoms with Crippen LogP contribution in [0.2, 0.25) is 0 Å². The Labute approximate surface area is 166 Å². The summed E-state index contributed by atoms with van der Waals surface area (Å²) >= 11 is 0. The maximum Gasteiger partial charge on any atom is 0.266 e. The molecule has 1 atom stereocenters. The van der Waals surface area contributed by atoms with Gasteiger partial charge in [-0.15, -0.1) is 0 Å². The summed E-state index contributed by atoms with van der Waals surface area (Å²) < 4.78 is 13.6. The van der Waals surface area contributed by atoms with Gasteiger partial charge in [-0.1, -0.05) is 42.5 Å². The number of carbonyl (C=O) groups is 2. The predicted octanol–water partition coefficient (Wildman–Crippen LogP) is 4.16. The highest BCUT2D eigenvalue weighted by molar-refractivity contribution is 6.36. The minimum atomic E-state index is -1.02. The molecule has 144 valence electrons. The van der Waals surface area contributed by atoms with E-state index in [1.165, 1.54) is 35.2 Å². The highest BCUT2D eigenvalue weighted by atomic mass is 19.1. The quantitative estimate of drug-likeness (QED) is 0.401. The molecule has 0 saturated carbocycles. The molecule has 29 heavy (non-hydrogen) atoms. The van der Waals surface area contributed by atoms with Crippen molar-refractivity contribution in [2.75, 3.05) is 4.90 Å². The van der Waals surface area contributed by atoms with Gasteiger partial charge >= 0.3 is 0 Å². The molecular formula is C23H16FNO4. The summed E-state index contributed by atoms with van der Waals surface area (Å²) in [4.78, 5) is 27.8. The molecule has 0 bridgehead atoms. The third-order valence-electron chi connectivity index (χ3n) is 4.76. The molecule has 2 N–H and O–H groups in total. The minimum Gasteiger partial charge on any atom is -0.508 e. The number of benzene rings is 3. The molecule has 0 aliphatic carbocycles. The van der Waals surface area contributed by atoms with E-state index in [2.05, 4.69) is 0 Å². The van der Waals surface area contributed by atoms with Gasteiger partial charge in [0.15, 0.2) is 5.78 Å². The average molecular weight is 389 g/mol. The number of hydrogen-bond donors (Lipinski definition) is 2. The Morgan fingerprint density at radius 1 is 0.897 bits per heavy atom. The summed E-state index contributed by atoms with van der Waals surface area (Å²) in [6, 6.07) is 18.6. The fourth-order valence-electron chi connectivity index (χ4n) is 3.41. The normalized spacial score (nSPS) is 18.2. The fraction of sp³-hybridized carbons (Fsp3) is 0.0435. The number of halogens is 1. The van der Waals surface area contributed by atoms with Crippen molar-refractivity contribution in [2.45, 2.75) is 6.04 Å². The Morgan fingerprint density at radius 3 is 2.24 bits per heavy atom. The number of Topliss-reactive ketones (excluding diaryl/α,β-unsaturated/α-hetero) is 1. The lowest BCUT2D eigenvalue weighted by Gasteiger charge is -2.23. The lowest BCUT2D eigenvalue weighted by atomic mass is 9.99. The number of phenolic OH excluding ortho intramolecular Hbond substituents is 1. The number of aliphatic hydroxyl groups is 1. The number of aromatic hydroxyl groups is 1. The van der Waals surface area contributed by atoms with Crippen molar-refractivity contribution in [1.29, 1.82) is 0 Å². The molecule has 3 aromatic carbocycles. The van der Waals surface area contributed by atoms with E-state index in [1.54, 1.807) is 42.5 Å². The number of phenols is 1. The summed E-state index contributed by atoms with van der Waals surface area (Å²) in [6.07, 6.45) is 0. The molecule has 0 spiro atoms. The highest BCUT2D eigenvalue weighted by Gasteiger charge is 2.46. The van der Waals surface area contributed by atoms with Crippen LogP contribution in [0.25, 0.3) is 5.76 Å². The first-order chi connectivity index (χ1) is 14.0. The lowest BCUT2D eigenvalue weighted by Crippen LogP contribution is -2.28. The van der Waals surface area contributed by atoms with Crippen LogP contribution in [0.15, 0.2) is 84.4 Å². The van der Waals surface area contributed by atoms with Crippen molar-refractivity contribution in [2.24, 2.45) is 0 Å². The number of hydrogen-bond acceptors (Lipinski definition) is 4. The number of ketones is 1. The molecule has 1 aliphatic heterocycles. The van der Waals surface area contributed by atoms with Crippen molar-refractivity contribution in [3.05, 3.63) is 101 Å². The van der Waals surface area contributed by atoms with Crippen molar-refractivity contribution in [3.63, 3.8) is 0 Å².